The lowest BCUT2D eigenvalue weighted by Gasteiger charge is -2.39. The van der Waals surface area contributed by atoms with Gasteiger partial charge in [0.2, 0.25) is 0 Å². The van der Waals surface area contributed by atoms with Crippen LogP contribution >= 0.6 is 0 Å². The molecule has 1 aliphatic carbocycles. The maximum Gasteiger partial charge on any atom is 0.115 e. The Labute approximate surface area is 213 Å². The molecule has 0 saturated heterocycles. The van der Waals surface area contributed by atoms with Gasteiger partial charge in [0.15, 0.2) is 0 Å². The van der Waals surface area contributed by atoms with Gasteiger partial charge in [0.25, 0.3) is 0 Å². The third-order valence-electron chi connectivity index (χ3n) is 6.68. The molecule has 0 bridgehead atoms. The molecule has 1 aliphatic rings. The van der Waals surface area contributed by atoms with Gasteiger partial charge in [0, 0.05) is 13.7 Å². The van der Waals surface area contributed by atoms with E-state index in [1.165, 1.54) is 41.5 Å². The number of phenolic OH excluding ortho intramolecular Hbond substituents is 1. The maximum atomic E-state index is 9.87. The van der Waals surface area contributed by atoms with Crippen LogP contribution in [-0.4, -0.2) is 18.8 Å². The summed E-state index contributed by atoms with van der Waals surface area (Å²) in [6, 6.07) is 26.8. The molecule has 0 aliphatic heterocycles. The number of aromatic hydroxyl groups is 1. The standard InChI is InChI=1S/C18H26O2.C13H12.C2H6/c1-4-6-15-8-9-16(19)11-17(15)18(2)10-5-7-14(12-18)13-20-3;1-3-7-12(8-4-1)11-13-9-5-2-6-10-13;1-2/h4,8-9,11,14,19H,1,5-7,10,12-13H2,2-3H3;1-10H,11H2;1-2H3/t14-,18-;;/m0../s1. The average molecular weight is 473 g/mol. The first kappa shape index (κ1) is 28.4. The number of hydrogen-bond donors (Lipinski definition) is 1. The van der Waals surface area contributed by atoms with Gasteiger partial charge in [0.1, 0.15) is 5.75 Å². The van der Waals surface area contributed by atoms with Crippen molar-refractivity contribution in [1.29, 1.82) is 0 Å². The zero-order valence-electron chi connectivity index (χ0n) is 22.2. The number of phenols is 1. The highest BCUT2D eigenvalue weighted by atomic mass is 16.5. The van der Waals surface area contributed by atoms with Gasteiger partial charge in [-0.05, 0) is 77.8 Å². The predicted octanol–water partition coefficient (Wildman–Crippen LogP) is 8.52. The minimum Gasteiger partial charge on any atom is -0.508 e. The molecule has 2 heteroatoms. The minimum absolute atomic E-state index is 0.137. The first-order chi connectivity index (χ1) is 17.0. The van der Waals surface area contributed by atoms with E-state index in [-0.39, 0.29) is 5.41 Å². The Kier molecular flexibility index (Phi) is 12.3. The molecule has 0 unspecified atom stereocenters. The largest absolute Gasteiger partial charge is 0.508 e. The predicted molar refractivity (Wildman–Crippen MR) is 150 cm³/mol. The van der Waals surface area contributed by atoms with E-state index in [9.17, 15) is 5.11 Å². The smallest absolute Gasteiger partial charge is 0.115 e. The van der Waals surface area contributed by atoms with Gasteiger partial charge >= 0.3 is 0 Å². The van der Waals surface area contributed by atoms with Gasteiger partial charge in [-0.15, -0.1) is 6.58 Å². The van der Waals surface area contributed by atoms with Crippen molar-refractivity contribution in [2.75, 3.05) is 13.7 Å². The molecule has 188 valence electrons. The van der Waals surface area contributed by atoms with E-state index >= 15 is 0 Å². The van der Waals surface area contributed by atoms with Gasteiger partial charge in [-0.2, -0.15) is 0 Å². The lowest BCUT2D eigenvalue weighted by Crippen LogP contribution is -2.32. The van der Waals surface area contributed by atoms with Gasteiger partial charge in [-0.3, -0.25) is 0 Å². The topological polar surface area (TPSA) is 29.5 Å². The molecule has 1 fully saturated rings. The number of ether oxygens (including phenoxy) is 1. The van der Waals surface area contributed by atoms with Crippen molar-refractivity contribution in [2.45, 2.75) is 64.7 Å². The number of benzene rings is 3. The van der Waals surface area contributed by atoms with E-state index in [2.05, 4.69) is 74.2 Å². The summed E-state index contributed by atoms with van der Waals surface area (Å²) in [5.41, 5.74) is 5.46. The van der Waals surface area contributed by atoms with Crippen LogP contribution in [-0.2, 0) is 23.0 Å². The molecule has 1 N–H and O–H groups in total. The van der Waals surface area contributed by atoms with Crippen molar-refractivity contribution in [3.8, 4) is 5.75 Å². The van der Waals surface area contributed by atoms with E-state index in [1.54, 1.807) is 13.2 Å². The molecule has 0 aromatic heterocycles. The summed E-state index contributed by atoms with van der Waals surface area (Å²) in [5, 5.41) is 9.87. The molecule has 1 saturated carbocycles. The van der Waals surface area contributed by atoms with Crippen LogP contribution < -0.4 is 0 Å². The fourth-order valence-corrected chi connectivity index (χ4v) is 5.13. The fraction of sp³-hybridized carbons (Fsp3) is 0.394. The number of rotatable bonds is 7. The van der Waals surface area contributed by atoms with Crippen LogP contribution in [0.1, 0.15) is 68.7 Å². The van der Waals surface area contributed by atoms with Gasteiger partial charge in [-0.25, -0.2) is 0 Å². The lowest BCUT2D eigenvalue weighted by atomic mass is 9.66. The van der Waals surface area contributed by atoms with Crippen LogP contribution in [0.5, 0.6) is 5.75 Å². The summed E-state index contributed by atoms with van der Waals surface area (Å²) in [6.07, 6.45) is 8.62. The molecule has 2 nitrogen and oxygen atoms in total. The van der Waals surface area contributed by atoms with Crippen LogP contribution in [0.15, 0.2) is 91.5 Å². The average Bonchev–Trinajstić information content (AvgIpc) is 2.88. The highest BCUT2D eigenvalue weighted by Crippen LogP contribution is 2.44. The molecule has 4 rings (SSSR count). The number of hydrogen-bond acceptors (Lipinski definition) is 2. The second kappa shape index (κ2) is 15.2. The molecule has 3 aromatic rings. The summed E-state index contributed by atoms with van der Waals surface area (Å²) < 4.78 is 5.35. The zero-order valence-corrected chi connectivity index (χ0v) is 22.2. The van der Waals surface area contributed by atoms with Gasteiger partial charge < -0.3 is 9.84 Å². The molecule has 0 amide bonds. The third kappa shape index (κ3) is 9.03. The SMILES string of the molecule is C=CCc1ccc(O)cc1[C@@]1(C)CCC[C@H](COC)C1.CC.c1ccc(Cc2ccccc2)cc1. The van der Waals surface area contributed by atoms with Crippen LogP contribution in [0, 0.1) is 5.92 Å². The molecule has 0 heterocycles. The molecule has 35 heavy (non-hydrogen) atoms. The van der Waals surface area contributed by atoms with Crippen molar-refractivity contribution in [1.82, 2.24) is 0 Å². The van der Waals surface area contributed by atoms with Crippen LogP contribution in [0.25, 0.3) is 0 Å². The Morgan fingerprint density at radius 3 is 2.11 bits per heavy atom. The summed E-state index contributed by atoms with van der Waals surface area (Å²) in [4.78, 5) is 0. The van der Waals surface area contributed by atoms with E-state index in [0.717, 1.165) is 25.9 Å². The van der Waals surface area contributed by atoms with E-state index in [4.69, 9.17) is 4.74 Å². The van der Waals surface area contributed by atoms with Crippen LogP contribution in [0.2, 0.25) is 0 Å². The molecular weight excluding hydrogens is 428 g/mol. The second-order valence-electron chi connectivity index (χ2n) is 9.46. The minimum atomic E-state index is 0.137. The third-order valence-corrected chi connectivity index (χ3v) is 6.68. The normalized spacial score (nSPS) is 18.9. The monoisotopic (exact) mass is 472 g/mol. The van der Waals surface area contributed by atoms with Crippen molar-refractivity contribution < 1.29 is 9.84 Å². The first-order valence-electron chi connectivity index (χ1n) is 13.0. The van der Waals surface area contributed by atoms with E-state index in [1.807, 2.05) is 32.1 Å². The first-order valence-corrected chi connectivity index (χ1v) is 13.0. The Morgan fingerprint density at radius 1 is 0.971 bits per heavy atom. The second-order valence-corrected chi connectivity index (χ2v) is 9.46. The quantitative estimate of drug-likeness (QED) is 0.349. The highest BCUT2D eigenvalue weighted by molar-refractivity contribution is 5.41. The lowest BCUT2D eigenvalue weighted by molar-refractivity contribution is 0.107. The summed E-state index contributed by atoms with van der Waals surface area (Å²) in [5.74, 6) is 0.987. The van der Waals surface area contributed by atoms with E-state index < -0.39 is 0 Å². The molecule has 0 radical (unpaired) electrons. The number of allylic oxidation sites excluding steroid dienone is 1. The van der Waals surface area contributed by atoms with Crippen LogP contribution in [0.3, 0.4) is 0 Å². The number of methoxy groups -OCH3 is 1. The molecule has 3 aromatic carbocycles. The van der Waals surface area contributed by atoms with E-state index in [0.29, 0.717) is 11.7 Å². The van der Waals surface area contributed by atoms with Crippen molar-refractivity contribution >= 4 is 0 Å². The Morgan fingerprint density at radius 2 is 1.57 bits per heavy atom. The summed E-state index contributed by atoms with van der Waals surface area (Å²) in [6.45, 7) is 11.0. The Balaban J connectivity index is 0.000000248. The highest BCUT2D eigenvalue weighted by Gasteiger charge is 2.35. The zero-order chi connectivity index (χ0) is 25.5. The van der Waals surface area contributed by atoms with Gasteiger partial charge in [-0.1, -0.05) is 100.0 Å². The summed E-state index contributed by atoms with van der Waals surface area (Å²) in [7, 11) is 1.78. The Hall–Kier alpha value is -2.84. The van der Waals surface area contributed by atoms with Crippen LogP contribution in [0.4, 0.5) is 0 Å². The van der Waals surface area contributed by atoms with Crippen molar-refractivity contribution in [3.05, 3.63) is 114 Å². The van der Waals surface area contributed by atoms with Crippen molar-refractivity contribution in [3.63, 3.8) is 0 Å². The molecule has 2 atom stereocenters. The van der Waals surface area contributed by atoms with Crippen molar-refractivity contribution in [2.24, 2.45) is 5.92 Å². The summed E-state index contributed by atoms with van der Waals surface area (Å²) >= 11 is 0. The molecular formula is C33H44O2. The van der Waals surface area contributed by atoms with Gasteiger partial charge in [0.05, 0.1) is 0 Å². The maximum absolute atomic E-state index is 9.87. The molecule has 0 spiro atoms. The Bertz CT molecular complexity index is 941. The fourth-order valence-electron chi connectivity index (χ4n) is 5.13.